The molecular weight excluding hydrogens is 539 g/mol. The molecule has 0 atom stereocenters. The van der Waals surface area contributed by atoms with E-state index in [4.69, 9.17) is 18.8 Å². The van der Waals surface area contributed by atoms with Gasteiger partial charge in [-0.05, 0) is 91.2 Å². The summed E-state index contributed by atoms with van der Waals surface area (Å²) < 4.78 is 13.0. The van der Waals surface area contributed by atoms with Gasteiger partial charge < -0.3 is 14.2 Å². The molecule has 0 saturated heterocycles. The number of nitrogens with zero attached hydrogens (tertiary/aromatic N) is 2. The number of rotatable bonds is 12. The number of benzene rings is 2. The molecule has 1 aromatic heterocycles. The molecule has 0 saturated carbocycles. The molecule has 0 fully saturated rings. The average molecular weight is 592 g/mol. The predicted molar refractivity (Wildman–Crippen MR) is 181 cm³/mol. The Bertz CT molecular complexity index is 1260. The van der Waals surface area contributed by atoms with Gasteiger partial charge in [0.05, 0.1) is 11.9 Å². The first-order chi connectivity index (χ1) is 19.0. The fraction of sp³-hybridized carbons (Fsp3) is 0.529. The number of aromatic nitrogens is 2. The molecule has 5 nitrogen and oxygen atoms in total. The SMILES string of the molecule is CCCCCCNc1ncc(-c2ccc(O[Si](C)(C)C(C)(C)C)cc2)nc1-c1ccc(O[Si](C)(C)C(C)(C)C)cc1. The van der Waals surface area contributed by atoms with Gasteiger partial charge in [0.15, 0.2) is 5.82 Å². The van der Waals surface area contributed by atoms with Crippen LogP contribution in [0.2, 0.25) is 36.3 Å². The third-order valence-electron chi connectivity index (χ3n) is 8.73. The van der Waals surface area contributed by atoms with E-state index < -0.39 is 16.6 Å². The van der Waals surface area contributed by atoms with Gasteiger partial charge in [-0.25, -0.2) is 9.97 Å². The second-order valence-electron chi connectivity index (χ2n) is 14.2. The van der Waals surface area contributed by atoms with Crippen LogP contribution < -0.4 is 14.2 Å². The lowest BCUT2D eigenvalue weighted by molar-refractivity contribution is 0.492. The summed E-state index contributed by atoms with van der Waals surface area (Å²) in [5, 5.41) is 3.85. The van der Waals surface area contributed by atoms with Crippen LogP contribution in [0.25, 0.3) is 22.5 Å². The molecule has 0 amide bonds. The van der Waals surface area contributed by atoms with Crippen molar-refractivity contribution in [2.75, 3.05) is 11.9 Å². The Morgan fingerprint density at radius 2 is 1.17 bits per heavy atom. The van der Waals surface area contributed by atoms with E-state index in [0.717, 1.165) is 52.8 Å². The van der Waals surface area contributed by atoms with Gasteiger partial charge in [0.1, 0.15) is 17.2 Å². The topological polar surface area (TPSA) is 56.3 Å². The molecule has 0 bridgehead atoms. The maximum atomic E-state index is 6.53. The van der Waals surface area contributed by atoms with Gasteiger partial charge in [0.2, 0.25) is 16.6 Å². The molecule has 41 heavy (non-hydrogen) atoms. The summed E-state index contributed by atoms with van der Waals surface area (Å²) in [5.41, 5.74) is 3.75. The maximum absolute atomic E-state index is 6.53. The van der Waals surface area contributed by atoms with Gasteiger partial charge in [-0.2, -0.15) is 0 Å². The molecule has 0 radical (unpaired) electrons. The third kappa shape index (κ3) is 8.68. The van der Waals surface area contributed by atoms with Crippen LogP contribution in [0.4, 0.5) is 5.82 Å². The smallest absolute Gasteiger partial charge is 0.250 e. The first kappa shape index (κ1) is 32.9. The van der Waals surface area contributed by atoms with Gasteiger partial charge in [0, 0.05) is 17.7 Å². The number of hydrogen-bond donors (Lipinski definition) is 1. The summed E-state index contributed by atoms with van der Waals surface area (Å²) in [5.74, 6) is 2.65. The third-order valence-corrected chi connectivity index (χ3v) is 17.4. The molecule has 2 aromatic carbocycles. The predicted octanol–water partition coefficient (Wildman–Crippen LogP) is 10.6. The van der Waals surface area contributed by atoms with E-state index in [1.807, 2.05) is 6.20 Å². The zero-order chi connectivity index (χ0) is 30.5. The summed E-state index contributed by atoms with van der Waals surface area (Å²) in [4.78, 5) is 9.98. The molecule has 224 valence electrons. The standard InChI is InChI=1S/C34H53N3O2Si2/c1-12-13-14-15-24-35-32-31(27-18-22-29(23-19-27)39-41(10,11)34(5,6)7)37-30(25-36-32)26-16-20-28(21-17-26)38-40(8,9)33(2,3)4/h16-23,25H,12-15,24H2,1-11H3,(H,35,36). The van der Waals surface area contributed by atoms with Crippen LogP contribution in [0.3, 0.4) is 0 Å². The lowest BCUT2D eigenvalue weighted by Crippen LogP contribution is -2.43. The normalized spacial score (nSPS) is 12.8. The molecule has 3 rings (SSSR count). The second-order valence-corrected chi connectivity index (χ2v) is 23.7. The highest BCUT2D eigenvalue weighted by Crippen LogP contribution is 2.39. The summed E-state index contributed by atoms with van der Waals surface area (Å²) in [6.07, 6.45) is 6.68. The Morgan fingerprint density at radius 1 is 0.683 bits per heavy atom. The minimum absolute atomic E-state index is 0.144. The Labute approximate surface area is 251 Å². The van der Waals surface area contributed by atoms with Crippen molar-refractivity contribution in [3.8, 4) is 34.0 Å². The fourth-order valence-corrected chi connectivity index (χ4v) is 5.95. The van der Waals surface area contributed by atoms with Crippen molar-refractivity contribution in [1.29, 1.82) is 0 Å². The van der Waals surface area contributed by atoms with Crippen LogP contribution in [0, 0.1) is 0 Å². The molecule has 1 N–H and O–H groups in total. The molecule has 1 heterocycles. The summed E-state index contributed by atoms with van der Waals surface area (Å²) in [7, 11) is -3.81. The van der Waals surface area contributed by atoms with Crippen LogP contribution >= 0.6 is 0 Å². The Morgan fingerprint density at radius 3 is 1.63 bits per heavy atom. The van der Waals surface area contributed by atoms with E-state index in [1.165, 1.54) is 19.3 Å². The van der Waals surface area contributed by atoms with Crippen molar-refractivity contribution in [2.45, 2.75) is 110 Å². The van der Waals surface area contributed by atoms with Crippen LogP contribution in [0.1, 0.15) is 74.1 Å². The van der Waals surface area contributed by atoms with Crippen LogP contribution in [-0.2, 0) is 0 Å². The van der Waals surface area contributed by atoms with Gasteiger partial charge >= 0.3 is 0 Å². The average Bonchev–Trinajstić information content (AvgIpc) is 2.88. The van der Waals surface area contributed by atoms with Crippen LogP contribution in [0.5, 0.6) is 11.5 Å². The number of hydrogen-bond acceptors (Lipinski definition) is 5. The highest BCUT2D eigenvalue weighted by Gasteiger charge is 2.39. The van der Waals surface area contributed by atoms with Crippen molar-refractivity contribution < 1.29 is 8.85 Å². The van der Waals surface area contributed by atoms with Gasteiger partial charge in [-0.1, -0.05) is 67.7 Å². The molecular formula is C34H53N3O2Si2. The zero-order valence-corrected chi connectivity index (χ0v) is 29.4. The lowest BCUT2D eigenvalue weighted by atomic mass is 10.1. The largest absolute Gasteiger partial charge is 0.544 e. The minimum atomic E-state index is -1.91. The minimum Gasteiger partial charge on any atom is -0.544 e. The van der Waals surface area contributed by atoms with Crippen molar-refractivity contribution in [3.63, 3.8) is 0 Å². The van der Waals surface area contributed by atoms with E-state index in [9.17, 15) is 0 Å². The van der Waals surface area contributed by atoms with Gasteiger partial charge in [-0.15, -0.1) is 0 Å². The molecule has 0 aliphatic heterocycles. The molecule has 3 aromatic rings. The quantitative estimate of drug-likeness (QED) is 0.168. The summed E-state index contributed by atoms with van der Waals surface area (Å²) in [6, 6.07) is 16.6. The highest BCUT2D eigenvalue weighted by atomic mass is 28.4. The van der Waals surface area contributed by atoms with Crippen molar-refractivity contribution >= 4 is 22.5 Å². The zero-order valence-electron chi connectivity index (χ0n) is 27.4. The molecule has 7 heteroatoms. The first-order valence-corrected chi connectivity index (χ1v) is 21.1. The highest BCUT2D eigenvalue weighted by molar-refractivity contribution is 6.75. The first-order valence-electron chi connectivity index (χ1n) is 15.2. The molecule has 0 aliphatic rings. The van der Waals surface area contributed by atoms with E-state index in [2.05, 4.69) is 129 Å². The summed E-state index contributed by atoms with van der Waals surface area (Å²) in [6.45, 7) is 25.8. The Balaban J connectivity index is 1.90. The van der Waals surface area contributed by atoms with Gasteiger partial charge in [-0.3, -0.25) is 0 Å². The van der Waals surface area contributed by atoms with E-state index in [1.54, 1.807) is 0 Å². The number of unbranched alkanes of at least 4 members (excludes halogenated alkanes) is 3. The van der Waals surface area contributed by atoms with Crippen molar-refractivity contribution in [3.05, 3.63) is 54.7 Å². The fourth-order valence-electron chi connectivity index (χ4n) is 3.89. The van der Waals surface area contributed by atoms with Crippen LogP contribution in [0.15, 0.2) is 54.7 Å². The van der Waals surface area contributed by atoms with Crippen LogP contribution in [-0.4, -0.2) is 33.1 Å². The molecule has 0 unspecified atom stereocenters. The number of anilines is 1. The van der Waals surface area contributed by atoms with E-state index in [-0.39, 0.29) is 10.1 Å². The molecule has 0 spiro atoms. The van der Waals surface area contributed by atoms with Crippen molar-refractivity contribution in [1.82, 2.24) is 9.97 Å². The second kappa shape index (κ2) is 13.1. The monoisotopic (exact) mass is 591 g/mol. The Hall–Kier alpha value is -2.65. The molecule has 0 aliphatic carbocycles. The van der Waals surface area contributed by atoms with E-state index >= 15 is 0 Å². The lowest BCUT2D eigenvalue weighted by Gasteiger charge is -2.36. The Kier molecular flexibility index (Phi) is 10.5. The van der Waals surface area contributed by atoms with Crippen molar-refractivity contribution in [2.24, 2.45) is 0 Å². The maximum Gasteiger partial charge on any atom is 0.250 e. The van der Waals surface area contributed by atoms with Gasteiger partial charge in [0.25, 0.3) is 0 Å². The summed E-state index contributed by atoms with van der Waals surface area (Å²) >= 11 is 0. The van der Waals surface area contributed by atoms with E-state index in [0.29, 0.717) is 0 Å². The number of nitrogens with one attached hydrogen (secondary N) is 1.